The third-order valence-corrected chi connectivity index (χ3v) is 6.17. The Morgan fingerprint density at radius 2 is 1.78 bits per heavy atom. The number of methoxy groups -OCH3 is 1. The third kappa shape index (κ3) is 5.01. The van der Waals surface area contributed by atoms with Crippen LogP contribution in [-0.4, -0.2) is 56.7 Å². The summed E-state index contributed by atoms with van der Waals surface area (Å²) in [4.78, 5) is 29.6. The number of halogens is 2. The summed E-state index contributed by atoms with van der Waals surface area (Å²) in [5.41, 5.74) is 2.78. The van der Waals surface area contributed by atoms with Crippen LogP contribution in [-0.2, 0) is 9.53 Å². The van der Waals surface area contributed by atoms with Crippen LogP contribution in [0.25, 0.3) is 0 Å². The molecule has 1 atom stereocenters. The van der Waals surface area contributed by atoms with Crippen molar-refractivity contribution in [2.24, 2.45) is 0 Å². The van der Waals surface area contributed by atoms with Gasteiger partial charge in [0.15, 0.2) is 0 Å². The maximum Gasteiger partial charge on any atom is 0.338 e. The smallest absolute Gasteiger partial charge is 0.338 e. The Balaban J connectivity index is 1.54. The first-order valence-electron chi connectivity index (χ1n) is 10.3. The molecule has 4 rings (SSSR count). The molecule has 7 nitrogen and oxygen atoms in total. The second kappa shape index (κ2) is 9.81. The van der Waals surface area contributed by atoms with E-state index in [9.17, 15) is 9.59 Å². The van der Waals surface area contributed by atoms with E-state index in [0.29, 0.717) is 27.9 Å². The van der Waals surface area contributed by atoms with Crippen molar-refractivity contribution < 1.29 is 14.3 Å². The Kier molecular flexibility index (Phi) is 6.89. The van der Waals surface area contributed by atoms with Gasteiger partial charge in [-0.1, -0.05) is 35.3 Å². The predicted octanol–water partition coefficient (Wildman–Crippen LogP) is 3.60. The number of esters is 1. The molecule has 2 N–H and O–H groups in total. The number of nitrogens with one attached hydrogen (secondary N) is 2. The van der Waals surface area contributed by atoms with E-state index >= 15 is 0 Å². The Hall–Kier alpha value is -2.74. The van der Waals surface area contributed by atoms with Gasteiger partial charge in [0.05, 0.1) is 18.7 Å². The summed E-state index contributed by atoms with van der Waals surface area (Å²) in [6, 6.07) is 13.9. The van der Waals surface area contributed by atoms with E-state index in [1.807, 2.05) is 30.3 Å². The van der Waals surface area contributed by atoms with E-state index in [-0.39, 0.29) is 6.03 Å². The first-order chi connectivity index (χ1) is 15.4. The minimum atomic E-state index is -0.639. The normalized spacial score (nSPS) is 19.4. The average molecular weight is 475 g/mol. The van der Waals surface area contributed by atoms with Gasteiger partial charge in [0.2, 0.25) is 0 Å². The molecule has 0 spiro atoms. The molecule has 0 unspecified atom stereocenters. The Morgan fingerprint density at radius 3 is 2.44 bits per heavy atom. The van der Waals surface area contributed by atoms with Gasteiger partial charge in [0.25, 0.3) is 0 Å². The number of piperazine rings is 1. The lowest BCUT2D eigenvalue weighted by Gasteiger charge is -2.38. The quantitative estimate of drug-likeness (QED) is 0.647. The number of benzene rings is 2. The average Bonchev–Trinajstić information content (AvgIpc) is 2.79. The fraction of sp³-hybridized carbons (Fsp3) is 0.304. The molecule has 0 radical (unpaired) electrons. The van der Waals surface area contributed by atoms with E-state index in [0.717, 1.165) is 37.4 Å². The van der Waals surface area contributed by atoms with E-state index in [4.69, 9.17) is 27.9 Å². The molecule has 1 fully saturated rings. The Labute approximate surface area is 196 Å². The van der Waals surface area contributed by atoms with Gasteiger partial charge in [-0.25, -0.2) is 9.59 Å². The fourth-order valence-electron chi connectivity index (χ4n) is 4.07. The summed E-state index contributed by atoms with van der Waals surface area (Å²) >= 11 is 12.1. The van der Waals surface area contributed by atoms with Gasteiger partial charge in [-0.05, 0) is 42.0 Å². The number of amides is 2. The van der Waals surface area contributed by atoms with Crippen molar-refractivity contribution >= 4 is 40.9 Å². The second-order valence-corrected chi connectivity index (χ2v) is 8.58. The Bertz CT molecular complexity index is 1030. The zero-order valence-corrected chi connectivity index (χ0v) is 19.1. The largest absolute Gasteiger partial charge is 0.466 e. The van der Waals surface area contributed by atoms with Crippen molar-refractivity contribution in [3.63, 3.8) is 0 Å². The molecule has 0 aromatic heterocycles. The van der Waals surface area contributed by atoms with E-state index in [1.165, 1.54) is 7.11 Å². The number of nitrogens with zero attached hydrogens (tertiary/aromatic N) is 2. The zero-order chi connectivity index (χ0) is 22.7. The van der Waals surface area contributed by atoms with Crippen molar-refractivity contribution in [3.05, 3.63) is 75.4 Å². The lowest BCUT2D eigenvalue weighted by atomic mass is 9.95. The van der Waals surface area contributed by atoms with Crippen LogP contribution >= 0.6 is 23.2 Å². The molecule has 2 amide bonds. The highest BCUT2D eigenvalue weighted by Gasteiger charge is 2.34. The minimum absolute atomic E-state index is 0.363. The number of ether oxygens (including phenoxy) is 1. The summed E-state index contributed by atoms with van der Waals surface area (Å²) in [7, 11) is 1.34. The van der Waals surface area contributed by atoms with Gasteiger partial charge in [-0.3, -0.25) is 4.90 Å². The summed E-state index contributed by atoms with van der Waals surface area (Å²) < 4.78 is 5.05. The van der Waals surface area contributed by atoms with Crippen LogP contribution in [0.15, 0.2) is 59.8 Å². The molecule has 32 heavy (non-hydrogen) atoms. The lowest BCUT2D eigenvalue weighted by molar-refractivity contribution is -0.136. The maximum atomic E-state index is 12.7. The number of carbonyl (C=O) groups is 2. The van der Waals surface area contributed by atoms with Crippen LogP contribution in [0.3, 0.4) is 0 Å². The van der Waals surface area contributed by atoms with E-state index in [1.54, 1.807) is 18.2 Å². The molecule has 2 aromatic rings. The number of rotatable bonds is 5. The molecule has 2 aromatic carbocycles. The van der Waals surface area contributed by atoms with Crippen molar-refractivity contribution in [2.75, 3.05) is 44.7 Å². The van der Waals surface area contributed by atoms with E-state index < -0.39 is 12.0 Å². The van der Waals surface area contributed by atoms with Crippen LogP contribution in [0, 0.1) is 0 Å². The first kappa shape index (κ1) is 22.5. The highest BCUT2D eigenvalue weighted by molar-refractivity contribution is 6.30. The molecule has 168 valence electrons. The molecule has 0 aliphatic carbocycles. The third-order valence-electron chi connectivity index (χ3n) is 5.69. The minimum Gasteiger partial charge on any atom is -0.466 e. The van der Waals surface area contributed by atoms with Gasteiger partial charge in [0.1, 0.15) is 0 Å². The number of urea groups is 1. The molecule has 0 saturated carbocycles. The van der Waals surface area contributed by atoms with Gasteiger partial charge < -0.3 is 20.3 Å². The highest BCUT2D eigenvalue weighted by Crippen LogP contribution is 2.30. The van der Waals surface area contributed by atoms with Gasteiger partial charge in [-0.15, -0.1) is 0 Å². The van der Waals surface area contributed by atoms with Crippen molar-refractivity contribution in [1.29, 1.82) is 0 Å². The second-order valence-electron chi connectivity index (χ2n) is 7.71. The molecule has 9 heteroatoms. The zero-order valence-electron chi connectivity index (χ0n) is 17.6. The van der Waals surface area contributed by atoms with Gasteiger partial charge >= 0.3 is 12.0 Å². The SMILES string of the molecule is COC(=O)C1=C(CN2CCN(c3ccc(Cl)cc3)CC2)NC(=O)N[C@H]1c1cccc(Cl)c1. The summed E-state index contributed by atoms with van der Waals surface area (Å²) in [6.45, 7) is 3.65. The first-order valence-corrected chi connectivity index (χ1v) is 11.1. The van der Waals surface area contributed by atoms with Crippen LogP contribution < -0.4 is 15.5 Å². The van der Waals surface area contributed by atoms with Crippen molar-refractivity contribution in [1.82, 2.24) is 15.5 Å². The monoisotopic (exact) mass is 474 g/mol. The number of hydrogen-bond donors (Lipinski definition) is 2. The van der Waals surface area contributed by atoms with Gasteiger partial charge in [-0.2, -0.15) is 0 Å². The highest BCUT2D eigenvalue weighted by atomic mass is 35.5. The molecule has 1 saturated heterocycles. The molecule has 2 aliphatic rings. The standard InChI is InChI=1S/C23H24Cl2N4O3/c1-32-22(30)20-19(26-23(31)27-21(20)15-3-2-4-17(25)13-15)14-28-9-11-29(12-10-28)18-7-5-16(24)6-8-18/h2-8,13,21H,9-12,14H2,1H3,(H2,26,27,31)/t21-/m0/s1. The molecular weight excluding hydrogens is 451 g/mol. The van der Waals surface area contributed by atoms with Crippen LogP contribution in [0.5, 0.6) is 0 Å². The van der Waals surface area contributed by atoms with Gasteiger partial charge in [0, 0.05) is 54.2 Å². The summed E-state index contributed by atoms with van der Waals surface area (Å²) in [5.74, 6) is -0.489. The van der Waals surface area contributed by atoms with Crippen LogP contribution in [0.2, 0.25) is 10.0 Å². The van der Waals surface area contributed by atoms with Crippen LogP contribution in [0.4, 0.5) is 10.5 Å². The Morgan fingerprint density at radius 1 is 1.06 bits per heavy atom. The van der Waals surface area contributed by atoms with Crippen molar-refractivity contribution in [3.8, 4) is 0 Å². The maximum absolute atomic E-state index is 12.7. The number of anilines is 1. The lowest BCUT2D eigenvalue weighted by Crippen LogP contribution is -2.51. The summed E-state index contributed by atoms with van der Waals surface area (Å²) in [6.07, 6.45) is 0. The summed E-state index contributed by atoms with van der Waals surface area (Å²) in [5, 5.41) is 6.88. The van der Waals surface area contributed by atoms with E-state index in [2.05, 4.69) is 20.4 Å². The molecule has 0 bridgehead atoms. The van der Waals surface area contributed by atoms with Crippen molar-refractivity contribution in [2.45, 2.75) is 6.04 Å². The number of carbonyl (C=O) groups excluding carboxylic acids is 2. The fourth-order valence-corrected chi connectivity index (χ4v) is 4.39. The molecule has 2 aliphatic heterocycles. The predicted molar refractivity (Wildman–Crippen MR) is 125 cm³/mol. The topological polar surface area (TPSA) is 73.9 Å². The molecule has 2 heterocycles. The number of hydrogen-bond acceptors (Lipinski definition) is 5. The molecular formula is C23H24Cl2N4O3. The van der Waals surface area contributed by atoms with Crippen LogP contribution in [0.1, 0.15) is 11.6 Å².